The fraction of sp³-hybridized carbons (Fsp3) is 0.118. The Morgan fingerprint density at radius 2 is 1.48 bits per heavy atom. The van der Waals surface area contributed by atoms with Gasteiger partial charge in [-0.1, -0.05) is 0 Å². The Balaban J connectivity index is 1.80. The first kappa shape index (κ1) is 16.6. The predicted octanol–water partition coefficient (Wildman–Crippen LogP) is 4.09. The lowest BCUT2D eigenvalue weighted by atomic mass is 10.1. The van der Waals surface area contributed by atoms with Gasteiger partial charge in [-0.3, -0.25) is 0 Å². The van der Waals surface area contributed by atoms with Crippen LogP contribution in [0.3, 0.4) is 0 Å². The standard InChI is InChI=1S/C17H12F2N2O4/c1-17(18,19)25-13-8-6-11(7-9-13)15-21-20-14(24-15)10-2-4-12(5-3-10)16(22)23/h2-9H,1H3,(H,22,23). The molecule has 0 fully saturated rings. The van der Waals surface area contributed by atoms with Crippen molar-refractivity contribution in [1.29, 1.82) is 0 Å². The Labute approximate surface area is 140 Å². The van der Waals surface area contributed by atoms with Gasteiger partial charge < -0.3 is 14.3 Å². The summed E-state index contributed by atoms with van der Waals surface area (Å²) < 4.78 is 35.6. The number of hydrogen-bond acceptors (Lipinski definition) is 5. The second-order valence-electron chi connectivity index (χ2n) is 5.23. The Kier molecular flexibility index (Phi) is 4.18. The molecule has 0 aliphatic rings. The number of nitrogens with zero attached hydrogens (tertiary/aromatic N) is 2. The van der Waals surface area contributed by atoms with Gasteiger partial charge in [0.2, 0.25) is 11.8 Å². The Morgan fingerprint density at radius 3 is 1.92 bits per heavy atom. The van der Waals surface area contributed by atoms with Gasteiger partial charge in [-0.05, 0) is 48.5 Å². The molecule has 0 aliphatic carbocycles. The number of aromatic carboxylic acids is 1. The summed E-state index contributed by atoms with van der Waals surface area (Å²) in [6.45, 7) is 0.654. The molecule has 0 amide bonds. The minimum absolute atomic E-state index is 0.0141. The van der Waals surface area contributed by atoms with E-state index in [0.29, 0.717) is 18.1 Å². The van der Waals surface area contributed by atoms with Crippen LogP contribution >= 0.6 is 0 Å². The van der Waals surface area contributed by atoms with Crippen molar-refractivity contribution >= 4 is 5.97 Å². The molecule has 0 saturated carbocycles. The molecule has 0 saturated heterocycles. The second kappa shape index (κ2) is 6.31. The summed E-state index contributed by atoms with van der Waals surface area (Å²) in [6.07, 6.45) is -3.26. The highest BCUT2D eigenvalue weighted by atomic mass is 19.3. The number of benzene rings is 2. The summed E-state index contributed by atoms with van der Waals surface area (Å²) in [5, 5.41) is 16.7. The van der Waals surface area contributed by atoms with Crippen LogP contribution in [0.1, 0.15) is 17.3 Å². The molecule has 0 unspecified atom stereocenters. The molecule has 1 N–H and O–H groups in total. The molecule has 0 bridgehead atoms. The molecule has 6 nitrogen and oxygen atoms in total. The molecule has 0 spiro atoms. The van der Waals surface area contributed by atoms with Crippen molar-refractivity contribution < 1.29 is 27.8 Å². The van der Waals surface area contributed by atoms with Gasteiger partial charge in [0.15, 0.2) is 0 Å². The quantitative estimate of drug-likeness (QED) is 0.749. The van der Waals surface area contributed by atoms with Crippen molar-refractivity contribution in [1.82, 2.24) is 10.2 Å². The van der Waals surface area contributed by atoms with Gasteiger partial charge in [-0.15, -0.1) is 10.2 Å². The number of rotatable bonds is 5. The van der Waals surface area contributed by atoms with E-state index in [1.165, 1.54) is 36.4 Å². The molecule has 25 heavy (non-hydrogen) atoms. The van der Waals surface area contributed by atoms with Gasteiger partial charge in [0.25, 0.3) is 0 Å². The van der Waals surface area contributed by atoms with Crippen LogP contribution in [0.25, 0.3) is 22.9 Å². The molecular weight excluding hydrogens is 334 g/mol. The van der Waals surface area contributed by atoms with Crippen LogP contribution in [0.15, 0.2) is 52.9 Å². The maximum atomic E-state index is 12.8. The second-order valence-corrected chi connectivity index (χ2v) is 5.23. The van der Waals surface area contributed by atoms with Gasteiger partial charge in [0.05, 0.1) is 5.56 Å². The van der Waals surface area contributed by atoms with E-state index >= 15 is 0 Å². The minimum Gasteiger partial charge on any atom is -0.478 e. The van der Waals surface area contributed by atoms with E-state index in [1.54, 1.807) is 12.1 Å². The molecule has 0 aliphatic heterocycles. The van der Waals surface area contributed by atoms with Crippen molar-refractivity contribution in [2.24, 2.45) is 0 Å². The number of halogens is 2. The minimum atomic E-state index is -3.26. The van der Waals surface area contributed by atoms with Crippen LogP contribution < -0.4 is 4.74 Å². The van der Waals surface area contributed by atoms with Crippen LogP contribution in [-0.2, 0) is 0 Å². The van der Waals surface area contributed by atoms with Crippen LogP contribution in [0.5, 0.6) is 5.75 Å². The van der Waals surface area contributed by atoms with Gasteiger partial charge >= 0.3 is 12.1 Å². The first-order chi connectivity index (χ1) is 11.8. The van der Waals surface area contributed by atoms with Crippen molar-refractivity contribution in [2.75, 3.05) is 0 Å². The van der Waals surface area contributed by atoms with Gasteiger partial charge in [-0.25, -0.2) is 4.79 Å². The highest BCUT2D eigenvalue weighted by Crippen LogP contribution is 2.27. The van der Waals surface area contributed by atoms with E-state index in [4.69, 9.17) is 9.52 Å². The monoisotopic (exact) mass is 346 g/mol. The molecule has 3 rings (SSSR count). The van der Waals surface area contributed by atoms with Crippen molar-refractivity contribution in [3.8, 4) is 28.7 Å². The number of alkyl halides is 2. The summed E-state index contributed by atoms with van der Waals surface area (Å²) in [5.74, 6) is -0.600. The summed E-state index contributed by atoms with van der Waals surface area (Å²) >= 11 is 0. The third kappa shape index (κ3) is 3.97. The molecule has 0 atom stereocenters. The molecule has 0 radical (unpaired) electrons. The zero-order chi connectivity index (χ0) is 18.0. The number of aromatic nitrogens is 2. The fourth-order valence-electron chi connectivity index (χ4n) is 2.08. The molecule has 128 valence electrons. The first-order valence-corrected chi connectivity index (χ1v) is 7.16. The number of carbonyl (C=O) groups is 1. The predicted molar refractivity (Wildman–Crippen MR) is 83.4 cm³/mol. The first-order valence-electron chi connectivity index (χ1n) is 7.16. The van der Waals surface area contributed by atoms with E-state index < -0.39 is 12.1 Å². The fourth-order valence-corrected chi connectivity index (χ4v) is 2.08. The Hall–Kier alpha value is -3.29. The maximum absolute atomic E-state index is 12.8. The highest BCUT2D eigenvalue weighted by Gasteiger charge is 2.23. The Bertz CT molecular complexity index is 884. The summed E-state index contributed by atoms with van der Waals surface area (Å²) in [7, 11) is 0. The molecule has 1 aromatic heterocycles. The van der Waals surface area contributed by atoms with Crippen LogP contribution in [0, 0.1) is 0 Å². The topological polar surface area (TPSA) is 85.5 Å². The largest absolute Gasteiger partial charge is 0.478 e. The Morgan fingerprint density at radius 1 is 1.00 bits per heavy atom. The molecule has 2 aromatic carbocycles. The van der Waals surface area contributed by atoms with E-state index in [1.807, 2.05) is 0 Å². The third-order valence-corrected chi connectivity index (χ3v) is 3.20. The zero-order valence-corrected chi connectivity index (χ0v) is 12.9. The van der Waals surface area contributed by atoms with E-state index in [2.05, 4.69) is 14.9 Å². The van der Waals surface area contributed by atoms with E-state index in [-0.39, 0.29) is 23.1 Å². The molecule has 8 heteroatoms. The average Bonchev–Trinajstić information content (AvgIpc) is 3.04. The lowest BCUT2D eigenvalue weighted by molar-refractivity contribution is -0.158. The van der Waals surface area contributed by atoms with Crippen molar-refractivity contribution in [2.45, 2.75) is 13.0 Å². The number of carboxylic acid groups (broad SMARTS) is 1. The van der Waals surface area contributed by atoms with Gasteiger partial charge in [-0.2, -0.15) is 8.78 Å². The summed E-state index contributed by atoms with van der Waals surface area (Å²) in [6, 6.07) is 11.8. The zero-order valence-electron chi connectivity index (χ0n) is 12.9. The van der Waals surface area contributed by atoms with Gasteiger partial charge in [0.1, 0.15) is 5.75 Å². The van der Waals surface area contributed by atoms with Crippen molar-refractivity contribution in [3.05, 3.63) is 54.1 Å². The van der Waals surface area contributed by atoms with Crippen LogP contribution in [-0.4, -0.2) is 27.4 Å². The van der Waals surface area contributed by atoms with Gasteiger partial charge in [0, 0.05) is 18.1 Å². The van der Waals surface area contributed by atoms with Crippen LogP contribution in [0.2, 0.25) is 0 Å². The SMILES string of the molecule is CC(F)(F)Oc1ccc(-c2nnc(-c3ccc(C(=O)O)cc3)o2)cc1. The summed E-state index contributed by atoms with van der Waals surface area (Å²) in [5.41, 5.74) is 1.24. The lowest BCUT2D eigenvalue weighted by Gasteiger charge is -2.12. The van der Waals surface area contributed by atoms with E-state index in [0.717, 1.165) is 0 Å². The number of ether oxygens (including phenoxy) is 1. The number of carboxylic acids is 1. The highest BCUT2D eigenvalue weighted by molar-refractivity contribution is 5.88. The molecule has 3 aromatic rings. The lowest BCUT2D eigenvalue weighted by Crippen LogP contribution is -2.18. The van der Waals surface area contributed by atoms with E-state index in [9.17, 15) is 13.6 Å². The molecular formula is C17H12F2N2O4. The normalized spacial score (nSPS) is 11.3. The molecule has 1 heterocycles. The smallest absolute Gasteiger partial charge is 0.394 e. The summed E-state index contributed by atoms with van der Waals surface area (Å²) in [4.78, 5) is 10.8. The number of hydrogen-bond donors (Lipinski definition) is 1. The maximum Gasteiger partial charge on any atom is 0.394 e. The third-order valence-electron chi connectivity index (χ3n) is 3.20. The average molecular weight is 346 g/mol. The van der Waals surface area contributed by atoms with Crippen molar-refractivity contribution in [3.63, 3.8) is 0 Å². The van der Waals surface area contributed by atoms with Crippen LogP contribution in [0.4, 0.5) is 8.78 Å².